The minimum Gasteiger partial charge on any atom is -0.481 e. The maximum absolute atomic E-state index is 11.7. The zero-order chi connectivity index (χ0) is 14.4. The number of hydrogen-bond acceptors (Lipinski definition) is 4. The Morgan fingerprint density at radius 3 is 2.79 bits per heavy atom. The smallest absolute Gasteiger partial charge is 0.308 e. The summed E-state index contributed by atoms with van der Waals surface area (Å²) >= 11 is 0. The fourth-order valence-electron chi connectivity index (χ4n) is 1.63. The van der Waals surface area contributed by atoms with Crippen LogP contribution in [-0.2, 0) is 4.79 Å². The maximum atomic E-state index is 11.7. The molecule has 2 N–H and O–H groups in total. The number of pyridine rings is 1. The molecule has 1 heterocycles. The van der Waals surface area contributed by atoms with Gasteiger partial charge in [0.15, 0.2) is 0 Å². The molecule has 0 aliphatic rings. The standard InChI is InChI=1S/C13H19N3O3/c1-4-14-12(17)11-7-10(5-6-15-11)16(3)8-9(2)13(18)19/h5-7,9H,4,8H2,1-3H3,(H,14,17)(H,18,19). The highest BCUT2D eigenvalue weighted by Gasteiger charge is 2.15. The zero-order valence-corrected chi connectivity index (χ0v) is 11.4. The molecule has 1 aromatic rings. The van der Waals surface area contributed by atoms with Crippen molar-refractivity contribution < 1.29 is 14.7 Å². The van der Waals surface area contributed by atoms with E-state index >= 15 is 0 Å². The summed E-state index contributed by atoms with van der Waals surface area (Å²) in [5, 5.41) is 11.6. The molecule has 0 saturated carbocycles. The first-order chi connectivity index (χ1) is 8.95. The lowest BCUT2D eigenvalue weighted by Crippen LogP contribution is -2.29. The third kappa shape index (κ3) is 4.24. The number of carbonyl (C=O) groups is 2. The predicted octanol–water partition coefficient (Wildman–Crippen LogP) is 0.988. The highest BCUT2D eigenvalue weighted by molar-refractivity contribution is 5.93. The van der Waals surface area contributed by atoms with Crippen LogP contribution in [0.3, 0.4) is 0 Å². The summed E-state index contributed by atoms with van der Waals surface area (Å²) in [4.78, 5) is 28.3. The third-order valence-electron chi connectivity index (χ3n) is 2.72. The molecule has 19 heavy (non-hydrogen) atoms. The molecule has 0 aliphatic carbocycles. The van der Waals surface area contributed by atoms with Gasteiger partial charge in [0.25, 0.3) is 5.91 Å². The maximum Gasteiger partial charge on any atom is 0.308 e. The van der Waals surface area contributed by atoms with Gasteiger partial charge in [-0.1, -0.05) is 6.92 Å². The molecule has 0 fully saturated rings. The lowest BCUT2D eigenvalue weighted by Gasteiger charge is -2.21. The summed E-state index contributed by atoms with van der Waals surface area (Å²) in [5.74, 6) is -1.56. The number of hydrogen-bond donors (Lipinski definition) is 2. The minimum atomic E-state index is -0.843. The van der Waals surface area contributed by atoms with Gasteiger partial charge in [-0.15, -0.1) is 0 Å². The van der Waals surface area contributed by atoms with Crippen LogP contribution in [0.4, 0.5) is 5.69 Å². The number of aromatic nitrogens is 1. The molecule has 1 unspecified atom stereocenters. The quantitative estimate of drug-likeness (QED) is 0.801. The Kier molecular flexibility index (Phi) is 5.29. The van der Waals surface area contributed by atoms with Crippen molar-refractivity contribution in [1.82, 2.24) is 10.3 Å². The van der Waals surface area contributed by atoms with Gasteiger partial charge in [0.05, 0.1) is 5.92 Å². The monoisotopic (exact) mass is 265 g/mol. The second-order valence-electron chi connectivity index (χ2n) is 4.38. The Balaban J connectivity index is 2.81. The van der Waals surface area contributed by atoms with E-state index in [1.165, 1.54) is 0 Å². The number of carboxylic acid groups (broad SMARTS) is 1. The summed E-state index contributed by atoms with van der Waals surface area (Å²) in [6.45, 7) is 4.39. The molecule has 0 aliphatic heterocycles. The predicted molar refractivity (Wildman–Crippen MR) is 72.3 cm³/mol. The molecule has 1 amide bonds. The third-order valence-corrected chi connectivity index (χ3v) is 2.72. The van der Waals surface area contributed by atoms with E-state index in [0.29, 0.717) is 18.8 Å². The second kappa shape index (κ2) is 6.72. The highest BCUT2D eigenvalue weighted by atomic mass is 16.4. The van der Waals surface area contributed by atoms with Crippen LogP contribution < -0.4 is 10.2 Å². The van der Waals surface area contributed by atoms with Gasteiger partial charge in [0.2, 0.25) is 0 Å². The van der Waals surface area contributed by atoms with Gasteiger partial charge in [-0.3, -0.25) is 14.6 Å². The van der Waals surface area contributed by atoms with Crippen molar-refractivity contribution in [3.63, 3.8) is 0 Å². The van der Waals surface area contributed by atoms with Crippen molar-refractivity contribution >= 4 is 17.6 Å². The number of anilines is 1. The minimum absolute atomic E-state index is 0.232. The first kappa shape index (κ1) is 14.9. The van der Waals surface area contributed by atoms with E-state index in [0.717, 1.165) is 5.69 Å². The highest BCUT2D eigenvalue weighted by Crippen LogP contribution is 2.14. The molecule has 1 rings (SSSR count). The number of aliphatic carboxylic acids is 1. The van der Waals surface area contributed by atoms with Gasteiger partial charge in [0.1, 0.15) is 5.69 Å². The number of amides is 1. The lowest BCUT2D eigenvalue weighted by atomic mass is 10.1. The summed E-state index contributed by atoms with van der Waals surface area (Å²) in [6.07, 6.45) is 1.54. The molecular weight excluding hydrogens is 246 g/mol. The van der Waals surface area contributed by atoms with E-state index < -0.39 is 11.9 Å². The Morgan fingerprint density at radius 1 is 1.53 bits per heavy atom. The Morgan fingerprint density at radius 2 is 2.21 bits per heavy atom. The average Bonchev–Trinajstić information content (AvgIpc) is 2.39. The van der Waals surface area contributed by atoms with Crippen LogP contribution in [0.1, 0.15) is 24.3 Å². The normalized spacial score (nSPS) is 11.7. The van der Waals surface area contributed by atoms with Crippen LogP contribution >= 0.6 is 0 Å². The molecule has 0 saturated heterocycles. The Bertz CT molecular complexity index is 462. The number of nitrogens with one attached hydrogen (secondary N) is 1. The number of carbonyl (C=O) groups excluding carboxylic acids is 1. The average molecular weight is 265 g/mol. The fourth-order valence-corrected chi connectivity index (χ4v) is 1.63. The molecule has 0 radical (unpaired) electrons. The van der Waals surface area contributed by atoms with Crippen molar-refractivity contribution in [3.8, 4) is 0 Å². The Labute approximate surface area is 112 Å². The first-order valence-electron chi connectivity index (χ1n) is 6.14. The summed E-state index contributed by atoms with van der Waals surface area (Å²) in [6, 6.07) is 3.40. The summed E-state index contributed by atoms with van der Waals surface area (Å²) in [7, 11) is 1.79. The van der Waals surface area contributed by atoms with Crippen molar-refractivity contribution in [3.05, 3.63) is 24.0 Å². The molecule has 104 valence electrons. The SMILES string of the molecule is CCNC(=O)c1cc(N(C)CC(C)C(=O)O)ccn1. The topological polar surface area (TPSA) is 82.5 Å². The van der Waals surface area contributed by atoms with Gasteiger partial charge in [-0.05, 0) is 19.1 Å². The number of rotatable bonds is 6. The second-order valence-corrected chi connectivity index (χ2v) is 4.38. The van der Waals surface area contributed by atoms with Crippen LogP contribution in [0, 0.1) is 5.92 Å². The van der Waals surface area contributed by atoms with Crippen molar-refractivity contribution in [1.29, 1.82) is 0 Å². The first-order valence-corrected chi connectivity index (χ1v) is 6.14. The van der Waals surface area contributed by atoms with E-state index in [1.54, 1.807) is 37.2 Å². The Hall–Kier alpha value is -2.11. The molecular formula is C13H19N3O3. The number of carboxylic acids is 1. The van der Waals surface area contributed by atoms with Crippen molar-refractivity contribution in [2.75, 3.05) is 25.0 Å². The van der Waals surface area contributed by atoms with E-state index in [2.05, 4.69) is 10.3 Å². The van der Waals surface area contributed by atoms with Gasteiger partial charge in [-0.2, -0.15) is 0 Å². The molecule has 6 heteroatoms. The molecule has 0 bridgehead atoms. The largest absolute Gasteiger partial charge is 0.481 e. The van der Waals surface area contributed by atoms with Crippen LogP contribution in [-0.4, -0.2) is 42.1 Å². The van der Waals surface area contributed by atoms with Crippen LogP contribution in [0.2, 0.25) is 0 Å². The van der Waals surface area contributed by atoms with Crippen molar-refractivity contribution in [2.45, 2.75) is 13.8 Å². The van der Waals surface area contributed by atoms with Crippen LogP contribution in [0.5, 0.6) is 0 Å². The van der Waals surface area contributed by atoms with Gasteiger partial charge < -0.3 is 15.3 Å². The molecule has 0 spiro atoms. The van der Waals surface area contributed by atoms with Crippen LogP contribution in [0.25, 0.3) is 0 Å². The van der Waals surface area contributed by atoms with E-state index in [4.69, 9.17) is 5.11 Å². The molecule has 6 nitrogen and oxygen atoms in total. The number of nitrogens with zero attached hydrogens (tertiary/aromatic N) is 2. The fraction of sp³-hybridized carbons (Fsp3) is 0.462. The van der Waals surface area contributed by atoms with Crippen LogP contribution in [0.15, 0.2) is 18.3 Å². The van der Waals surface area contributed by atoms with Gasteiger partial charge in [0, 0.05) is 32.0 Å². The molecule has 0 aromatic carbocycles. The van der Waals surface area contributed by atoms with Gasteiger partial charge >= 0.3 is 5.97 Å². The van der Waals surface area contributed by atoms with E-state index in [9.17, 15) is 9.59 Å². The van der Waals surface area contributed by atoms with Gasteiger partial charge in [-0.25, -0.2) is 0 Å². The van der Waals surface area contributed by atoms with E-state index in [1.807, 2.05) is 6.92 Å². The zero-order valence-electron chi connectivity index (χ0n) is 11.4. The summed E-state index contributed by atoms with van der Waals surface area (Å²) < 4.78 is 0. The van der Waals surface area contributed by atoms with Crippen molar-refractivity contribution in [2.24, 2.45) is 5.92 Å². The van der Waals surface area contributed by atoms with E-state index in [-0.39, 0.29) is 5.91 Å². The lowest BCUT2D eigenvalue weighted by molar-refractivity contribution is -0.140. The summed E-state index contributed by atoms with van der Waals surface area (Å²) in [5.41, 5.74) is 1.10. The molecule has 1 atom stereocenters. The molecule has 1 aromatic heterocycles.